The fourth-order valence-electron chi connectivity index (χ4n) is 0.145. The highest BCUT2D eigenvalue weighted by molar-refractivity contribution is 5.93. The molecule has 10 N–H and O–H groups in total. The Morgan fingerprint density at radius 2 is 0.895 bits per heavy atom. The second-order valence-corrected chi connectivity index (χ2v) is 2.51. The van der Waals surface area contributed by atoms with Crippen LogP contribution in [0.15, 0.2) is 0 Å². The van der Waals surface area contributed by atoms with E-state index in [1.54, 1.807) is 0 Å². The summed E-state index contributed by atoms with van der Waals surface area (Å²) in [5.74, 6) is -3.12. The highest BCUT2D eigenvalue weighted by Crippen LogP contribution is 1.44. The number of carboxylic acids is 3. The molecule has 0 aliphatic rings. The van der Waals surface area contributed by atoms with E-state index in [1.807, 2.05) is 5.32 Å². The third-order valence-corrected chi connectivity index (χ3v) is 0.269. The third kappa shape index (κ3) is 1980. The average molecular weight is 281 g/mol. The maximum Gasteiger partial charge on any atom is 0.300 e. The third-order valence-electron chi connectivity index (χ3n) is 0.269. The van der Waals surface area contributed by atoms with Crippen LogP contribution in [0.25, 0.3) is 0 Å². The molecular weight excluding hydrogens is 262 g/mol. The second kappa shape index (κ2) is 17.5. The molecule has 0 aliphatic carbocycles. The topological polar surface area (TPSA) is 224 Å². The van der Waals surface area contributed by atoms with Crippen molar-refractivity contribution in [2.45, 2.75) is 20.8 Å². The van der Waals surface area contributed by atoms with E-state index in [1.165, 1.54) is 0 Å². The fraction of sp³-hybridized carbons (Fsp3) is 0.375. The number of carboxylic acid groups (broad SMARTS) is 3. The molecule has 0 aromatic carbocycles. The van der Waals surface area contributed by atoms with Crippen molar-refractivity contribution in [3.05, 3.63) is 0 Å². The van der Waals surface area contributed by atoms with Crippen LogP contribution in [0.2, 0.25) is 0 Å². The van der Waals surface area contributed by atoms with Crippen molar-refractivity contribution < 1.29 is 29.7 Å². The van der Waals surface area contributed by atoms with Gasteiger partial charge in [0.25, 0.3) is 17.9 Å². The van der Waals surface area contributed by atoms with Crippen LogP contribution in [-0.2, 0) is 14.4 Å². The lowest BCUT2D eigenvalue weighted by Gasteiger charge is -1.95. The molecule has 0 saturated carbocycles. The number of hydrogen-bond donors (Lipinski definition) is 8. The Morgan fingerprint density at radius 3 is 0.895 bits per heavy atom. The summed E-state index contributed by atoms with van der Waals surface area (Å²) in [4.78, 5) is 27.0. The number of hydrogen-bond acceptors (Lipinski definition) is 5. The zero-order valence-electron chi connectivity index (χ0n) is 10.7. The van der Waals surface area contributed by atoms with Crippen LogP contribution in [0, 0.1) is 10.8 Å². The SMILES string of the molecule is CC(=O)O.CC(=O)O.CC(=O)O.N=C(N)NC(=N)N. The Bertz CT molecular complexity index is 264. The molecule has 0 aliphatic heterocycles. The molecule has 0 saturated heterocycles. The van der Waals surface area contributed by atoms with Gasteiger partial charge in [0.15, 0.2) is 11.9 Å². The van der Waals surface area contributed by atoms with Crippen molar-refractivity contribution in [1.29, 1.82) is 10.8 Å². The number of carbonyl (C=O) groups is 3. The fourth-order valence-corrected chi connectivity index (χ4v) is 0.145. The second-order valence-electron chi connectivity index (χ2n) is 2.51. The number of nitrogens with two attached hydrogens (primary N) is 2. The Hall–Kier alpha value is -2.85. The van der Waals surface area contributed by atoms with Gasteiger partial charge in [-0.3, -0.25) is 30.5 Å². The normalized spacial score (nSPS) is 6.68. The minimum Gasteiger partial charge on any atom is -0.481 e. The number of aliphatic carboxylic acids is 3. The molecule has 19 heavy (non-hydrogen) atoms. The molecule has 0 radical (unpaired) electrons. The van der Waals surface area contributed by atoms with Gasteiger partial charge in [-0.2, -0.15) is 0 Å². The molecule has 0 unspecified atom stereocenters. The van der Waals surface area contributed by atoms with E-state index in [0.717, 1.165) is 20.8 Å². The monoisotopic (exact) mass is 281 g/mol. The van der Waals surface area contributed by atoms with E-state index in [2.05, 4.69) is 0 Å². The van der Waals surface area contributed by atoms with Crippen molar-refractivity contribution >= 4 is 29.8 Å². The first kappa shape index (κ1) is 25.1. The van der Waals surface area contributed by atoms with Crippen LogP contribution in [-0.4, -0.2) is 45.1 Å². The first-order valence-corrected chi connectivity index (χ1v) is 4.36. The molecule has 0 atom stereocenters. The van der Waals surface area contributed by atoms with Crippen molar-refractivity contribution in [3.63, 3.8) is 0 Å². The molecule has 0 rings (SSSR count). The largest absolute Gasteiger partial charge is 0.481 e. The number of rotatable bonds is 0. The number of nitrogens with one attached hydrogen (secondary N) is 3. The Morgan fingerprint density at radius 1 is 0.789 bits per heavy atom. The zero-order valence-corrected chi connectivity index (χ0v) is 10.7. The van der Waals surface area contributed by atoms with Gasteiger partial charge >= 0.3 is 0 Å². The quantitative estimate of drug-likeness (QED) is 0.193. The summed E-state index contributed by atoms with van der Waals surface area (Å²) in [6.07, 6.45) is 0. The van der Waals surface area contributed by atoms with Crippen LogP contribution in [0.5, 0.6) is 0 Å². The molecule has 0 spiro atoms. The van der Waals surface area contributed by atoms with Crippen molar-refractivity contribution in [2.75, 3.05) is 0 Å². The van der Waals surface area contributed by atoms with Gasteiger partial charge in [0.1, 0.15) is 0 Å². The summed E-state index contributed by atoms with van der Waals surface area (Å²) in [6, 6.07) is 0. The summed E-state index contributed by atoms with van der Waals surface area (Å²) < 4.78 is 0. The maximum absolute atomic E-state index is 9.00. The zero-order chi connectivity index (χ0) is 16.6. The van der Waals surface area contributed by atoms with Gasteiger partial charge in [-0.1, -0.05) is 0 Å². The molecule has 11 nitrogen and oxygen atoms in total. The van der Waals surface area contributed by atoms with Crippen molar-refractivity contribution in [3.8, 4) is 0 Å². The smallest absolute Gasteiger partial charge is 0.300 e. The van der Waals surface area contributed by atoms with E-state index < -0.39 is 17.9 Å². The summed E-state index contributed by atoms with van der Waals surface area (Å²) in [5, 5.41) is 37.2. The Kier molecular flexibility index (Phi) is 23.2. The first-order chi connectivity index (χ1) is 8.32. The first-order valence-electron chi connectivity index (χ1n) is 4.36. The highest BCUT2D eigenvalue weighted by Gasteiger charge is 1.83. The molecule has 0 bridgehead atoms. The van der Waals surface area contributed by atoms with Gasteiger partial charge < -0.3 is 26.8 Å². The molecule has 0 aromatic heterocycles. The van der Waals surface area contributed by atoms with Crippen LogP contribution in [0.4, 0.5) is 0 Å². The highest BCUT2D eigenvalue weighted by atomic mass is 16.4. The van der Waals surface area contributed by atoms with Gasteiger partial charge in [0, 0.05) is 20.8 Å². The molecule has 0 amide bonds. The van der Waals surface area contributed by atoms with E-state index in [4.69, 9.17) is 52.0 Å². The van der Waals surface area contributed by atoms with Crippen LogP contribution < -0.4 is 16.8 Å². The van der Waals surface area contributed by atoms with E-state index in [0.29, 0.717) is 0 Å². The summed E-state index contributed by atoms with van der Waals surface area (Å²) >= 11 is 0. The molecule has 0 aromatic rings. The molecule has 0 heterocycles. The standard InChI is InChI=1S/C2H7N5.3C2H4O2/c3-1(4)7-2(5)6;3*1-2(3)4/h(H7,3,4,5,6,7);3*1H3,(H,3,4). The lowest BCUT2D eigenvalue weighted by Crippen LogP contribution is -2.39. The Balaban J connectivity index is -0.0000000825. The van der Waals surface area contributed by atoms with E-state index in [-0.39, 0.29) is 11.9 Å². The van der Waals surface area contributed by atoms with E-state index >= 15 is 0 Å². The van der Waals surface area contributed by atoms with Gasteiger partial charge in [-0.05, 0) is 0 Å². The predicted molar refractivity (Wildman–Crippen MR) is 66.9 cm³/mol. The minimum absolute atomic E-state index is 0.312. The van der Waals surface area contributed by atoms with Crippen LogP contribution in [0.1, 0.15) is 20.8 Å². The van der Waals surface area contributed by atoms with Crippen LogP contribution >= 0.6 is 0 Å². The van der Waals surface area contributed by atoms with E-state index in [9.17, 15) is 0 Å². The van der Waals surface area contributed by atoms with Gasteiger partial charge in [0.05, 0.1) is 0 Å². The number of guanidine groups is 2. The van der Waals surface area contributed by atoms with Gasteiger partial charge in [0.2, 0.25) is 0 Å². The minimum atomic E-state index is -0.833. The molecule has 0 fully saturated rings. The summed E-state index contributed by atoms with van der Waals surface area (Å²) in [6.45, 7) is 3.25. The van der Waals surface area contributed by atoms with Crippen LogP contribution in [0.3, 0.4) is 0 Å². The average Bonchev–Trinajstić information content (AvgIpc) is 1.95. The van der Waals surface area contributed by atoms with Crippen molar-refractivity contribution in [1.82, 2.24) is 5.32 Å². The maximum atomic E-state index is 9.00. The van der Waals surface area contributed by atoms with Gasteiger partial charge in [-0.15, -0.1) is 0 Å². The molecule has 11 heteroatoms. The lowest BCUT2D eigenvalue weighted by molar-refractivity contribution is -0.135. The molecule has 112 valence electrons. The lowest BCUT2D eigenvalue weighted by atomic mass is 10.9. The summed E-state index contributed by atoms with van der Waals surface area (Å²) in [7, 11) is 0. The van der Waals surface area contributed by atoms with Crippen molar-refractivity contribution in [2.24, 2.45) is 11.5 Å². The summed E-state index contributed by atoms with van der Waals surface area (Å²) in [5.41, 5.74) is 9.49. The molecular formula is C8H19N5O6. The predicted octanol–water partition coefficient (Wildman–Crippen LogP) is -1.36. The van der Waals surface area contributed by atoms with Gasteiger partial charge in [-0.25, -0.2) is 0 Å². The Labute approximate surface area is 109 Å².